The summed E-state index contributed by atoms with van der Waals surface area (Å²) in [4.78, 5) is 10.3. The first-order valence-electron chi connectivity index (χ1n) is 11.2. The average molecular weight is 353 g/mol. The van der Waals surface area contributed by atoms with E-state index in [9.17, 15) is 4.79 Å². The molecule has 1 N–H and O–H groups in total. The average Bonchev–Trinajstić information content (AvgIpc) is 2.60. The Bertz CT molecular complexity index is 296. The van der Waals surface area contributed by atoms with Crippen molar-refractivity contribution in [3.63, 3.8) is 0 Å². The van der Waals surface area contributed by atoms with Crippen LogP contribution in [0.4, 0.5) is 0 Å². The molecule has 0 aliphatic heterocycles. The fraction of sp³-hybridized carbons (Fsp3) is 0.870. The van der Waals surface area contributed by atoms with Crippen LogP contribution in [0.3, 0.4) is 0 Å². The predicted molar refractivity (Wildman–Crippen MR) is 110 cm³/mol. The topological polar surface area (TPSA) is 37.3 Å². The summed E-state index contributed by atoms with van der Waals surface area (Å²) in [6.07, 6.45) is 28.9. The molecule has 0 aromatic rings. The second kappa shape index (κ2) is 21.3. The first-order chi connectivity index (χ1) is 12.3. The minimum absolute atomic E-state index is 0.831. The quantitative estimate of drug-likeness (QED) is 0.178. The molecule has 0 rings (SSSR count). The van der Waals surface area contributed by atoms with Crippen LogP contribution in [-0.2, 0) is 4.79 Å². The van der Waals surface area contributed by atoms with Gasteiger partial charge in [0.1, 0.15) is 0 Å². The number of carbonyl (C=O) groups is 1. The molecule has 0 saturated carbocycles. The van der Waals surface area contributed by atoms with Crippen molar-refractivity contribution in [2.24, 2.45) is 0 Å². The maximum atomic E-state index is 10.3. The monoisotopic (exact) mass is 352 g/mol. The summed E-state index contributed by atoms with van der Waals surface area (Å²) in [6, 6.07) is 0. The standard InChI is InChI=1S/C23H44O2/c1-2-3-4-5-6-7-8-9-10-11-12-13-14-15-16-17-18-19-20-21-22-23(24)25/h21-22H,2-20H2,1H3,(H,24,25)/b22-21-. The maximum absolute atomic E-state index is 10.3. The van der Waals surface area contributed by atoms with Gasteiger partial charge in [0.2, 0.25) is 0 Å². The van der Waals surface area contributed by atoms with Crippen molar-refractivity contribution in [1.29, 1.82) is 0 Å². The van der Waals surface area contributed by atoms with Crippen LogP contribution in [0.2, 0.25) is 0 Å². The third-order valence-electron chi connectivity index (χ3n) is 4.98. The Morgan fingerprint density at radius 1 is 0.600 bits per heavy atom. The first kappa shape index (κ1) is 24.2. The summed E-state index contributed by atoms with van der Waals surface area (Å²) in [7, 11) is 0. The number of unbranched alkanes of at least 4 members (excludes halogenated alkanes) is 18. The van der Waals surface area contributed by atoms with Crippen molar-refractivity contribution in [2.75, 3.05) is 0 Å². The Balaban J connectivity index is 3.01. The second-order valence-electron chi connectivity index (χ2n) is 7.54. The molecule has 148 valence electrons. The van der Waals surface area contributed by atoms with E-state index < -0.39 is 5.97 Å². The molecule has 0 bridgehead atoms. The normalized spacial score (nSPS) is 11.4. The minimum Gasteiger partial charge on any atom is -0.478 e. The fourth-order valence-corrected chi connectivity index (χ4v) is 3.35. The van der Waals surface area contributed by atoms with Gasteiger partial charge in [0, 0.05) is 6.08 Å². The summed E-state index contributed by atoms with van der Waals surface area (Å²) >= 11 is 0. The molecule has 0 radical (unpaired) electrons. The number of rotatable bonds is 20. The van der Waals surface area contributed by atoms with Crippen molar-refractivity contribution >= 4 is 5.97 Å². The lowest BCUT2D eigenvalue weighted by Gasteiger charge is -2.03. The Hall–Kier alpha value is -0.790. The minimum atomic E-state index is -0.831. The summed E-state index contributed by atoms with van der Waals surface area (Å²) in [6.45, 7) is 2.28. The van der Waals surface area contributed by atoms with Crippen LogP contribution in [-0.4, -0.2) is 11.1 Å². The third-order valence-corrected chi connectivity index (χ3v) is 4.98. The van der Waals surface area contributed by atoms with Gasteiger partial charge >= 0.3 is 5.97 Å². The van der Waals surface area contributed by atoms with Crippen molar-refractivity contribution in [3.8, 4) is 0 Å². The van der Waals surface area contributed by atoms with Crippen LogP contribution >= 0.6 is 0 Å². The van der Waals surface area contributed by atoms with Gasteiger partial charge in [-0.15, -0.1) is 0 Å². The van der Waals surface area contributed by atoms with E-state index in [0.717, 1.165) is 12.8 Å². The molecule has 0 fully saturated rings. The highest BCUT2D eigenvalue weighted by Gasteiger charge is 1.95. The number of carboxylic acid groups (broad SMARTS) is 1. The van der Waals surface area contributed by atoms with Gasteiger partial charge in [0.05, 0.1) is 0 Å². The molecular formula is C23H44O2. The van der Waals surface area contributed by atoms with Gasteiger partial charge in [-0.25, -0.2) is 4.79 Å². The lowest BCUT2D eigenvalue weighted by Crippen LogP contribution is -1.86. The molecule has 0 aromatic heterocycles. The zero-order chi connectivity index (χ0) is 18.4. The van der Waals surface area contributed by atoms with Crippen molar-refractivity contribution in [1.82, 2.24) is 0 Å². The van der Waals surface area contributed by atoms with E-state index >= 15 is 0 Å². The van der Waals surface area contributed by atoms with Crippen molar-refractivity contribution in [3.05, 3.63) is 12.2 Å². The first-order valence-corrected chi connectivity index (χ1v) is 11.2. The van der Waals surface area contributed by atoms with E-state index in [1.807, 2.05) is 0 Å². The van der Waals surface area contributed by atoms with E-state index in [0.29, 0.717) is 0 Å². The molecule has 0 amide bonds. The van der Waals surface area contributed by atoms with Gasteiger partial charge < -0.3 is 5.11 Å². The Morgan fingerprint density at radius 2 is 0.920 bits per heavy atom. The molecular weight excluding hydrogens is 308 g/mol. The van der Waals surface area contributed by atoms with Gasteiger partial charge in [-0.3, -0.25) is 0 Å². The lowest BCUT2D eigenvalue weighted by atomic mass is 10.0. The maximum Gasteiger partial charge on any atom is 0.327 e. The Kier molecular flexibility index (Phi) is 20.6. The molecule has 2 nitrogen and oxygen atoms in total. The van der Waals surface area contributed by atoms with Crippen LogP contribution < -0.4 is 0 Å². The number of aliphatic carboxylic acids is 1. The predicted octanol–water partition coefficient (Wildman–Crippen LogP) is 8.06. The highest BCUT2D eigenvalue weighted by Crippen LogP contribution is 2.14. The molecule has 0 aliphatic carbocycles. The zero-order valence-electron chi connectivity index (χ0n) is 16.9. The molecule has 0 spiro atoms. The van der Waals surface area contributed by atoms with Gasteiger partial charge in [-0.1, -0.05) is 122 Å². The van der Waals surface area contributed by atoms with Gasteiger partial charge in [-0.05, 0) is 12.8 Å². The van der Waals surface area contributed by atoms with Crippen LogP contribution in [0.25, 0.3) is 0 Å². The second-order valence-corrected chi connectivity index (χ2v) is 7.54. The zero-order valence-corrected chi connectivity index (χ0v) is 16.9. The summed E-state index contributed by atoms with van der Waals surface area (Å²) < 4.78 is 0. The lowest BCUT2D eigenvalue weighted by molar-refractivity contribution is -0.131. The molecule has 0 unspecified atom stereocenters. The van der Waals surface area contributed by atoms with E-state index in [2.05, 4.69) is 6.92 Å². The van der Waals surface area contributed by atoms with Crippen LogP contribution in [0.1, 0.15) is 129 Å². The Morgan fingerprint density at radius 3 is 1.24 bits per heavy atom. The largest absolute Gasteiger partial charge is 0.478 e. The van der Waals surface area contributed by atoms with Crippen LogP contribution in [0.5, 0.6) is 0 Å². The Labute approximate surface area is 157 Å². The van der Waals surface area contributed by atoms with E-state index in [1.165, 1.54) is 115 Å². The summed E-state index contributed by atoms with van der Waals surface area (Å²) in [5.74, 6) is -0.831. The van der Waals surface area contributed by atoms with Gasteiger partial charge in [-0.2, -0.15) is 0 Å². The smallest absolute Gasteiger partial charge is 0.327 e. The molecule has 0 saturated heterocycles. The highest BCUT2D eigenvalue weighted by molar-refractivity contribution is 5.79. The van der Waals surface area contributed by atoms with Crippen molar-refractivity contribution in [2.45, 2.75) is 129 Å². The number of hydrogen-bond donors (Lipinski definition) is 1. The van der Waals surface area contributed by atoms with Gasteiger partial charge in [0.25, 0.3) is 0 Å². The number of carboxylic acids is 1. The number of allylic oxidation sites excluding steroid dienone is 1. The molecule has 25 heavy (non-hydrogen) atoms. The van der Waals surface area contributed by atoms with Crippen molar-refractivity contribution < 1.29 is 9.90 Å². The summed E-state index contributed by atoms with van der Waals surface area (Å²) in [5.41, 5.74) is 0. The van der Waals surface area contributed by atoms with E-state index in [1.54, 1.807) is 6.08 Å². The number of hydrogen-bond acceptors (Lipinski definition) is 1. The fourth-order valence-electron chi connectivity index (χ4n) is 3.35. The third kappa shape index (κ3) is 23.2. The summed E-state index contributed by atoms with van der Waals surface area (Å²) in [5, 5.41) is 8.48. The molecule has 0 aliphatic rings. The SMILES string of the molecule is CCCCCCCCCCCCCCCCCCCC/C=C\C(=O)O. The highest BCUT2D eigenvalue weighted by atomic mass is 16.4. The van der Waals surface area contributed by atoms with Gasteiger partial charge in [0.15, 0.2) is 0 Å². The van der Waals surface area contributed by atoms with E-state index in [4.69, 9.17) is 5.11 Å². The molecule has 2 heteroatoms. The van der Waals surface area contributed by atoms with E-state index in [-0.39, 0.29) is 0 Å². The van der Waals surface area contributed by atoms with Crippen LogP contribution in [0, 0.1) is 0 Å². The molecule has 0 heterocycles. The molecule has 0 atom stereocenters. The van der Waals surface area contributed by atoms with Crippen LogP contribution in [0.15, 0.2) is 12.2 Å². The molecule has 0 aromatic carbocycles.